The average Bonchev–Trinajstić information content (AvgIpc) is 3.19. The molecule has 36 heavy (non-hydrogen) atoms. The highest BCUT2D eigenvalue weighted by Gasteiger charge is 2.28. The highest BCUT2D eigenvalue weighted by molar-refractivity contribution is 6.04. The van der Waals surface area contributed by atoms with Crippen LogP contribution >= 0.6 is 0 Å². The highest BCUT2D eigenvalue weighted by atomic mass is 19.1. The van der Waals surface area contributed by atoms with E-state index in [1.807, 2.05) is 6.92 Å². The topological polar surface area (TPSA) is 90.2 Å². The van der Waals surface area contributed by atoms with E-state index in [4.69, 9.17) is 14.2 Å². The van der Waals surface area contributed by atoms with Gasteiger partial charge >= 0.3 is 5.97 Å². The molecule has 0 aliphatic heterocycles. The Bertz CT molecular complexity index is 1460. The number of nitrogens with zero attached hydrogens (tertiary/aromatic N) is 1. The van der Waals surface area contributed by atoms with Gasteiger partial charge in [-0.05, 0) is 35.9 Å². The Hall–Kier alpha value is -4.11. The molecule has 1 aromatic heterocycles. The number of benzene rings is 3. The van der Waals surface area contributed by atoms with Crippen molar-refractivity contribution in [1.82, 2.24) is 4.57 Å². The number of methoxy groups -OCH3 is 3. The number of hydrogen-bond donors (Lipinski definition) is 2. The van der Waals surface area contributed by atoms with Gasteiger partial charge in [-0.1, -0.05) is 13.0 Å². The van der Waals surface area contributed by atoms with Crippen molar-refractivity contribution in [3.05, 3.63) is 71.4 Å². The van der Waals surface area contributed by atoms with Gasteiger partial charge in [-0.15, -0.1) is 0 Å². The molecule has 2 N–H and O–H groups in total. The lowest BCUT2D eigenvalue weighted by Crippen LogP contribution is -2.10. The normalized spacial score (nSPS) is 12.1. The third-order valence-electron chi connectivity index (χ3n) is 6.05. The molecule has 0 aliphatic rings. The fourth-order valence-corrected chi connectivity index (χ4v) is 4.56. The largest absolute Gasteiger partial charge is 0.507 e. The first kappa shape index (κ1) is 25.0. The van der Waals surface area contributed by atoms with Crippen molar-refractivity contribution in [2.45, 2.75) is 12.8 Å². The summed E-state index contributed by atoms with van der Waals surface area (Å²) in [5.74, 6) is -2.86. The van der Waals surface area contributed by atoms with Gasteiger partial charge in [-0.25, -0.2) is 13.6 Å². The predicted molar refractivity (Wildman–Crippen MR) is 131 cm³/mol. The Morgan fingerprint density at radius 2 is 1.72 bits per heavy atom. The van der Waals surface area contributed by atoms with Gasteiger partial charge in [0.15, 0.2) is 11.6 Å². The molecular formula is C27H25F2NO6. The number of phenolic OH excluding ortho intramolecular Hbond substituents is 1. The quantitative estimate of drug-likeness (QED) is 0.322. The molecule has 188 valence electrons. The second kappa shape index (κ2) is 9.87. The van der Waals surface area contributed by atoms with Gasteiger partial charge in [0.25, 0.3) is 0 Å². The van der Waals surface area contributed by atoms with E-state index in [1.54, 1.807) is 23.8 Å². The van der Waals surface area contributed by atoms with Gasteiger partial charge in [0, 0.05) is 42.1 Å². The van der Waals surface area contributed by atoms with Gasteiger partial charge in [0.05, 0.1) is 31.7 Å². The Morgan fingerprint density at radius 1 is 1.00 bits per heavy atom. The minimum absolute atomic E-state index is 0.00523. The third-order valence-corrected chi connectivity index (χ3v) is 6.05. The minimum Gasteiger partial charge on any atom is -0.507 e. The Morgan fingerprint density at radius 3 is 2.36 bits per heavy atom. The molecule has 4 aromatic rings. The van der Waals surface area contributed by atoms with Crippen LogP contribution in [-0.4, -0.2) is 48.7 Å². The number of phenols is 1. The molecule has 7 nitrogen and oxygen atoms in total. The first-order valence-electron chi connectivity index (χ1n) is 11.0. The molecule has 0 radical (unpaired) electrons. The van der Waals surface area contributed by atoms with E-state index in [0.29, 0.717) is 33.4 Å². The summed E-state index contributed by atoms with van der Waals surface area (Å²) in [4.78, 5) is 11.6. The van der Waals surface area contributed by atoms with Crippen molar-refractivity contribution in [2.24, 2.45) is 0 Å². The van der Waals surface area contributed by atoms with Crippen LogP contribution in [0.5, 0.6) is 17.2 Å². The zero-order valence-corrected chi connectivity index (χ0v) is 20.1. The summed E-state index contributed by atoms with van der Waals surface area (Å²) < 4.78 is 46.5. The lowest BCUT2D eigenvalue weighted by Gasteiger charge is -2.19. The number of aromatic carboxylic acids is 1. The summed E-state index contributed by atoms with van der Waals surface area (Å²) in [5.41, 5.74) is 2.47. The predicted octanol–water partition coefficient (Wildman–Crippen LogP) is 5.75. The number of halogens is 2. The van der Waals surface area contributed by atoms with Crippen LogP contribution < -0.4 is 9.47 Å². The van der Waals surface area contributed by atoms with Crippen LogP contribution in [-0.2, 0) is 4.74 Å². The summed E-state index contributed by atoms with van der Waals surface area (Å²) in [7, 11) is 4.25. The number of ether oxygens (including phenoxy) is 3. The van der Waals surface area contributed by atoms with E-state index >= 15 is 0 Å². The zero-order chi connectivity index (χ0) is 26.1. The van der Waals surface area contributed by atoms with Crippen molar-refractivity contribution in [2.75, 3.05) is 27.9 Å². The first-order valence-corrected chi connectivity index (χ1v) is 11.0. The smallest absolute Gasteiger partial charge is 0.339 e. The van der Waals surface area contributed by atoms with E-state index in [9.17, 15) is 23.8 Å². The average molecular weight is 497 g/mol. The lowest BCUT2D eigenvalue weighted by molar-refractivity contribution is 0.0693. The van der Waals surface area contributed by atoms with E-state index in [1.165, 1.54) is 44.6 Å². The summed E-state index contributed by atoms with van der Waals surface area (Å²) in [6.07, 6.45) is 0. The second-order valence-corrected chi connectivity index (χ2v) is 8.31. The number of fused-ring (bicyclic) bond motifs is 1. The van der Waals surface area contributed by atoms with E-state index < -0.39 is 17.6 Å². The molecule has 0 spiro atoms. The molecule has 1 atom stereocenters. The maximum absolute atomic E-state index is 14.6. The molecule has 3 aromatic carbocycles. The van der Waals surface area contributed by atoms with Gasteiger partial charge in [-0.3, -0.25) is 0 Å². The van der Waals surface area contributed by atoms with Crippen LogP contribution in [0.25, 0.3) is 27.7 Å². The molecule has 0 aliphatic carbocycles. The SMILES string of the molecule is COCC(C)c1c(-c2ccc(C(=O)O)c(OC)c2)c2c(O)cc(F)cc2n1-c1ccc(F)c(OC)c1. The first-order chi connectivity index (χ1) is 17.2. The number of carboxylic acids is 1. The van der Waals surface area contributed by atoms with Gasteiger partial charge in [0.2, 0.25) is 0 Å². The minimum atomic E-state index is -1.16. The van der Waals surface area contributed by atoms with E-state index in [2.05, 4.69) is 0 Å². The monoisotopic (exact) mass is 497 g/mol. The fraction of sp³-hybridized carbons (Fsp3) is 0.222. The molecule has 0 fully saturated rings. The van der Waals surface area contributed by atoms with E-state index in [0.717, 1.165) is 6.07 Å². The number of aromatic nitrogens is 1. The van der Waals surface area contributed by atoms with Crippen LogP contribution in [0, 0.1) is 11.6 Å². The summed E-state index contributed by atoms with van der Waals surface area (Å²) >= 11 is 0. The number of hydrogen-bond acceptors (Lipinski definition) is 5. The number of carbonyl (C=O) groups is 1. The van der Waals surface area contributed by atoms with Gasteiger partial charge < -0.3 is 29.0 Å². The van der Waals surface area contributed by atoms with Crippen molar-refractivity contribution >= 4 is 16.9 Å². The van der Waals surface area contributed by atoms with Crippen LogP contribution in [0.15, 0.2) is 48.5 Å². The summed E-state index contributed by atoms with van der Waals surface area (Å²) in [6.45, 7) is 2.17. The summed E-state index contributed by atoms with van der Waals surface area (Å²) in [6, 6.07) is 11.1. The van der Waals surface area contributed by atoms with Gasteiger partial charge in [-0.2, -0.15) is 0 Å². The Balaban J connectivity index is 2.17. The maximum atomic E-state index is 14.6. The molecule has 0 bridgehead atoms. The van der Waals surface area contributed by atoms with Crippen molar-refractivity contribution in [1.29, 1.82) is 0 Å². The van der Waals surface area contributed by atoms with Crippen LogP contribution in [0.3, 0.4) is 0 Å². The van der Waals surface area contributed by atoms with Crippen LogP contribution in [0.1, 0.15) is 28.9 Å². The molecule has 0 saturated heterocycles. The molecule has 1 unspecified atom stereocenters. The Kier molecular flexibility index (Phi) is 6.85. The number of aromatic hydroxyl groups is 1. The third kappa shape index (κ3) is 4.22. The molecule has 0 amide bonds. The molecule has 1 heterocycles. The highest BCUT2D eigenvalue weighted by Crippen LogP contribution is 2.46. The Labute approximate surface area is 206 Å². The number of rotatable bonds is 8. The van der Waals surface area contributed by atoms with E-state index in [-0.39, 0.29) is 35.3 Å². The lowest BCUT2D eigenvalue weighted by atomic mass is 9.94. The zero-order valence-electron chi connectivity index (χ0n) is 20.1. The number of carboxylic acid groups (broad SMARTS) is 1. The molecule has 4 rings (SSSR count). The van der Waals surface area contributed by atoms with Crippen LogP contribution in [0.4, 0.5) is 8.78 Å². The second-order valence-electron chi connectivity index (χ2n) is 8.31. The molecule has 0 saturated carbocycles. The maximum Gasteiger partial charge on any atom is 0.339 e. The van der Waals surface area contributed by atoms with Gasteiger partial charge in [0.1, 0.15) is 22.9 Å². The van der Waals surface area contributed by atoms with Crippen molar-refractivity contribution < 1.29 is 38.0 Å². The summed E-state index contributed by atoms with van der Waals surface area (Å²) in [5, 5.41) is 20.8. The molecule has 9 heteroatoms. The van der Waals surface area contributed by atoms with Crippen LogP contribution in [0.2, 0.25) is 0 Å². The standard InChI is InChI=1S/C27H25F2NO6/c1-14(13-34-2)26-24(15-5-7-18(27(32)33)22(9-15)35-3)25-20(10-16(28)11-21(25)31)30(26)17-6-8-19(29)23(12-17)36-4/h5-12,14,31H,13H2,1-4H3,(H,32,33). The molecular weight excluding hydrogens is 472 g/mol. The van der Waals surface area contributed by atoms with Crippen molar-refractivity contribution in [3.8, 4) is 34.1 Å². The fourth-order valence-electron chi connectivity index (χ4n) is 4.56. The van der Waals surface area contributed by atoms with Crippen molar-refractivity contribution in [3.63, 3.8) is 0 Å².